The number of aryl methyl sites for hydroxylation is 1. The monoisotopic (exact) mass is 310 g/mol. The molecule has 0 saturated carbocycles. The summed E-state index contributed by atoms with van der Waals surface area (Å²) in [5.41, 5.74) is 3.01. The van der Waals surface area contributed by atoms with Gasteiger partial charge < -0.3 is 0 Å². The van der Waals surface area contributed by atoms with E-state index in [4.69, 9.17) is 23.2 Å². The molecule has 3 aromatic carbocycles. The normalized spacial score (nSPS) is 10.2. The molecule has 102 valence electrons. The fourth-order valence-corrected chi connectivity index (χ4v) is 2.69. The highest BCUT2D eigenvalue weighted by atomic mass is 35.5. The van der Waals surface area contributed by atoms with Crippen molar-refractivity contribution in [2.75, 3.05) is 0 Å². The van der Waals surface area contributed by atoms with Gasteiger partial charge in [0.2, 0.25) is 0 Å². The van der Waals surface area contributed by atoms with Gasteiger partial charge in [0.25, 0.3) is 0 Å². The Morgan fingerprint density at radius 3 is 2.52 bits per heavy atom. The van der Waals surface area contributed by atoms with Crippen molar-refractivity contribution in [3.63, 3.8) is 0 Å². The molecule has 0 unspecified atom stereocenters. The van der Waals surface area contributed by atoms with Crippen molar-refractivity contribution in [1.29, 1.82) is 0 Å². The molecule has 0 N–H and O–H groups in total. The molecule has 0 aromatic heterocycles. The van der Waals surface area contributed by atoms with E-state index in [-0.39, 0.29) is 0 Å². The molecular formula is C19H12Cl2. The predicted molar refractivity (Wildman–Crippen MR) is 91.1 cm³/mol. The summed E-state index contributed by atoms with van der Waals surface area (Å²) in [5.74, 6) is 6.26. The van der Waals surface area contributed by atoms with Crippen molar-refractivity contribution in [3.05, 3.63) is 81.3 Å². The third-order valence-corrected chi connectivity index (χ3v) is 3.92. The Kier molecular flexibility index (Phi) is 3.88. The van der Waals surface area contributed by atoms with Gasteiger partial charge in [-0.25, -0.2) is 0 Å². The fourth-order valence-electron chi connectivity index (χ4n) is 2.24. The molecule has 3 aromatic rings. The Labute approximate surface area is 134 Å². The lowest BCUT2D eigenvalue weighted by Crippen LogP contribution is -1.81. The van der Waals surface area contributed by atoms with Crippen LogP contribution in [0.15, 0.2) is 54.6 Å². The first-order chi connectivity index (χ1) is 10.1. The van der Waals surface area contributed by atoms with Crippen LogP contribution in [0.5, 0.6) is 0 Å². The van der Waals surface area contributed by atoms with E-state index < -0.39 is 0 Å². The summed E-state index contributed by atoms with van der Waals surface area (Å²) in [6.45, 7) is 2.11. The number of halogens is 2. The second-order valence-electron chi connectivity index (χ2n) is 4.88. The van der Waals surface area contributed by atoms with Gasteiger partial charge in [0.1, 0.15) is 0 Å². The van der Waals surface area contributed by atoms with E-state index in [0.717, 1.165) is 11.1 Å². The minimum atomic E-state index is 0.576. The lowest BCUT2D eigenvalue weighted by atomic mass is 10.0. The van der Waals surface area contributed by atoms with Gasteiger partial charge in [-0.2, -0.15) is 0 Å². The molecule has 0 aliphatic carbocycles. The van der Waals surface area contributed by atoms with Crippen molar-refractivity contribution < 1.29 is 0 Å². The highest BCUT2D eigenvalue weighted by Gasteiger charge is 1.99. The van der Waals surface area contributed by atoms with Crippen molar-refractivity contribution in [3.8, 4) is 11.8 Å². The number of benzene rings is 3. The number of fused-ring (bicyclic) bond motifs is 1. The van der Waals surface area contributed by atoms with E-state index in [1.54, 1.807) is 12.1 Å². The number of hydrogen-bond acceptors (Lipinski definition) is 0. The first-order valence-corrected chi connectivity index (χ1v) is 7.35. The predicted octanol–water partition coefficient (Wildman–Crippen LogP) is 5.85. The maximum absolute atomic E-state index is 6.13. The van der Waals surface area contributed by atoms with Crippen LogP contribution in [-0.4, -0.2) is 0 Å². The standard InChI is InChI=1S/C19H12Cl2/c1-13-3-2-4-15-7-5-14(11-18(13)15)6-8-16-9-10-17(20)12-19(16)21/h2-5,7,9-12H,1H3. The molecule has 2 heteroatoms. The Morgan fingerprint density at radius 2 is 1.71 bits per heavy atom. The molecule has 0 aliphatic rings. The van der Waals surface area contributed by atoms with Gasteiger partial charge in [0.05, 0.1) is 5.02 Å². The Bertz CT molecular complexity index is 883. The van der Waals surface area contributed by atoms with Crippen LogP contribution in [0.3, 0.4) is 0 Å². The second-order valence-corrected chi connectivity index (χ2v) is 5.73. The van der Waals surface area contributed by atoms with Crippen LogP contribution >= 0.6 is 23.2 Å². The van der Waals surface area contributed by atoms with E-state index in [1.807, 2.05) is 12.1 Å². The molecule has 0 amide bonds. The lowest BCUT2D eigenvalue weighted by Gasteiger charge is -2.02. The van der Waals surface area contributed by atoms with E-state index in [1.165, 1.54) is 16.3 Å². The molecule has 0 radical (unpaired) electrons. The van der Waals surface area contributed by atoms with Gasteiger partial charge in [0.15, 0.2) is 0 Å². The van der Waals surface area contributed by atoms with Crippen LogP contribution in [0.4, 0.5) is 0 Å². The summed E-state index contributed by atoms with van der Waals surface area (Å²) < 4.78 is 0. The molecular weight excluding hydrogens is 299 g/mol. The van der Waals surface area contributed by atoms with Crippen LogP contribution in [0, 0.1) is 18.8 Å². The maximum Gasteiger partial charge on any atom is 0.0577 e. The summed E-state index contributed by atoms with van der Waals surface area (Å²) in [5, 5.41) is 3.65. The van der Waals surface area contributed by atoms with Crippen molar-refractivity contribution in [2.45, 2.75) is 6.92 Å². The Morgan fingerprint density at radius 1 is 0.857 bits per heavy atom. The zero-order valence-corrected chi connectivity index (χ0v) is 13.0. The average molecular weight is 311 g/mol. The Balaban J connectivity index is 2.03. The average Bonchev–Trinajstić information content (AvgIpc) is 2.47. The molecule has 0 aliphatic heterocycles. The van der Waals surface area contributed by atoms with Crippen molar-refractivity contribution in [2.24, 2.45) is 0 Å². The highest BCUT2D eigenvalue weighted by Crippen LogP contribution is 2.21. The molecule has 0 saturated heterocycles. The van der Waals surface area contributed by atoms with Crippen LogP contribution in [0.1, 0.15) is 16.7 Å². The SMILES string of the molecule is Cc1cccc2ccc(C#Cc3ccc(Cl)cc3Cl)cc12. The molecule has 3 rings (SSSR count). The second kappa shape index (κ2) is 5.82. The Hall–Kier alpha value is -1.94. The van der Waals surface area contributed by atoms with Gasteiger partial charge >= 0.3 is 0 Å². The largest absolute Gasteiger partial charge is 0.0843 e. The van der Waals surface area contributed by atoms with Gasteiger partial charge in [-0.1, -0.05) is 59.3 Å². The first-order valence-electron chi connectivity index (χ1n) is 6.60. The van der Waals surface area contributed by atoms with Gasteiger partial charge in [0, 0.05) is 16.1 Å². The highest BCUT2D eigenvalue weighted by molar-refractivity contribution is 6.35. The number of rotatable bonds is 0. The summed E-state index contributed by atoms with van der Waals surface area (Å²) in [4.78, 5) is 0. The number of hydrogen-bond donors (Lipinski definition) is 0. The minimum Gasteiger partial charge on any atom is -0.0843 e. The van der Waals surface area contributed by atoms with Gasteiger partial charge in [-0.3, -0.25) is 0 Å². The topological polar surface area (TPSA) is 0 Å². The molecule has 0 bridgehead atoms. The zero-order valence-electron chi connectivity index (χ0n) is 11.5. The third-order valence-electron chi connectivity index (χ3n) is 3.37. The summed E-state index contributed by atoms with van der Waals surface area (Å²) in [6.07, 6.45) is 0. The smallest absolute Gasteiger partial charge is 0.0577 e. The van der Waals surface area contributed by atoms with E-state index in [9.17, 15) is 0 Å². The maximum atomic E-state index is 6.13. The summed E-state index contributed by atoms with van der Waals surface area (Å²) >= 11 is 12.0. The summed E-state index contributed by atoms with van der Waals surface area (Å²) in [6, 6.07) is 17.8. The molecule has 0 nitrogen and oxygen atoms in total. The summed E-state index contributed by atoms with van der Waals surface area (Å²) in [7, 11) is 0. The van der Waals surface area contributed by atoms with Crippen molar-refractivity contribution >= 4 is 34.0 Å². The van der Waals surface area contributed by atoms with Crippen LogP contribution < -0.4 is 0 Å². The third kappa shape index (κ3) is 3.05. The molecule has 0 spiro atoms. The van der Waals surface area contributed by atoms with Crippen molar-refractivity contribution in [1.82, 2.24) is 0 Å². The van der Waals surface area contributed by atoms with Crippen LogP contribution in [0.2, 0.25) is 10.0 Å². The molecule has 0 fully saturated rings. The molecule has 0 atom stereocenters. The van der Waals surface area contributed by atoms with E-state index >= 15 is 0 Å². The fraction of sp³-hybridized carbons (Fsp3) is 0.0526. The lowest BCUT2D eigenvalue weighted by molar-refractivity contribution is 1.52. The molecule has 0 heterocycles. The van der Waals surface area contributed by atoms with E-state index in [0.29, 0.717) is 10.0 Å². The van der Waals surface area contributed by atoms with Gasteiger partial charge in [-0.15, -0.1) is 0 Å². The minimum absolute atomic E-state index is 0.576. The first kappa shape index (κ1) is 14.0. The van der Waals surface area contributed by atoms with E-state index in [2.05, 4.69) is 49.1 Å². The quantitative estimate of drug-likeness (QED) is 0.456. The van der Waals surface area contributed by atoms with Gasteiger partial charge in [-0.05, 0) is 53.6 Å². The van der Waals surface area contributed by atoms with Crippen LogP contribution in [0.25, 0.3) is 10.8 Å². The zero-order chi connectivity index (χ0) is 14.8. The van der Waals surface area contributed by atoms with Crippen LogP contribution in [-0.2, 0) is 0 Å². The molecule has 21 heavy (non-hydrogen) atoms.